The van der Waals surface area contributed by atoms with Crippen LogP contribution in [-0.2, 0) is 30.9 Å². The predicted molar refractivity (Wildman–Crippen MR) is 112 cm³/mol. The second-order valence-corrected chi connectivity index (χ2v) is 9.65. The Hall–Kier alpha value is -2.50. The number of sulfonamides is 1. The molecular weight excluding hydrogens is 430 g/mol. The molecule has 0 aliphatic carbocycles. The van der Waals surface area contributed by atoms with E-state index in [4.69, 9.17) is 4.74 Å². The Morgan fingerprint density at radius 3 is 2.43 bits per heavy atom. The monoisotopic (exact) mass is 453 g/mol. The van der Waals surface area contributed by atoms with E-state index in [1.165, 1.54) is 33.1 Å². The molecule has 0 radical (unpaired) electrons. The van der Waals surface area contributed by atoms with Crippen molar-refractivity contribution in [2.45, 2.75) is 37.6 Å². The van der Waals surface area contributed by atoms with Crippen LogP contribution in [0.3, 0.4) is 0 Å². The smallest absolute Gasteiger partial charge is 0.308 e. The molecule has 1 aliphatic rings. The Kier molecular flexibility index (Phi) is 7.06. The van der Waals surface area contributed by atoms with Crippen LogP contribution in [0.4, 0.5) is 5.69 Å². The summed E-state index contributed by atoms with van der Waals surface area (Å²) in [5.74, 6) is -1.13. The quantitative estimate of drug-likeness (QED) is 0.607. The van der Waals surface area contributed by atoms with Gasteiger partial charge in [-0.25, -0.2) is 8.42 Å². The molecule has 1 fully saturated rings. The van der Waals surface area contributed by atoms with E-state index in [1.54, 1.807) is 12.3 Å². The normalized spacial score (nSPS) is 14.6. The number of esters is 1. The molecule has 0 saturated carbocycles. The van der Waals surface area contributed by atoms with Gasteiger partial charge in [-0.05, 0) is 44.0 Å². The molecule has 30 heavy (non-hydrogen) atoms. The molecule has 1 N–H and O–H groups in total. The number of carbonyl (C=O) groups excluding carboxylic acids is 2. The van der Waals surface area contributed by atoms with Crippen molar-refractivity contribution in [2.75, 3.05) is 25.0 Å². The Balaban J connectivity index is 1.46. The van der Waals surface area contributed by atoms with Gasteiger partial charge in [-0.1, -0.05) is 11.3 Å². The second-order valence-electron chi connectivity index (χ2n) is 6.89. The first-order chi connectivity index (χ1) is 14.3. The molecule has 162 valence electrons. The Morgan fingerprint density at radius 2 is 1.83 bits per heavy atom. The van der Waals surface area contributed by atoms with Gasteiger partial charge in [0.2, 0.25) is 10.0 Å². The number of aryl methyl sites for hydroxylation is 1. The first kappa shape index (κ1) is 22.2. The molecule has 1 aliphatic heterocycles. The van der Waals surface area contributed by atoms with Crippen LogP contribution in [-0.4, -0.2) is 48.9 Å². The summed E-state index contributed by atoms with van der Waals surface area (Å²) in [5, 5.41) is 4.27. The number of aromatic nitrogens is 1. The molecule has 1 saturated heterocycles. The average Bonchev–Trinajstić information content (AvgIpc) is 3.36. The van der Waals surface area contributed by atoms with Crippen LogP contribution in [0.2, 0.25) is 0 Å². The number of benzene rings is 1. The Bertz CT molecular complexity index is 1070. The summed E-state index contributed by atoms with van der Waals surface area (Å²) in [4.78, 5) is 35.4. The maximum absolute atomic E-state index is 12.5. The first-order valence-corrected chi connectivity index (χ1v) is 11.8. The number of carbonyl (C=O) groups is 2. The molecule has 1 aromatic heterocycles. The van der Waals surface area contributed by atoms with Crippen molar-refractivity contribution < 1.29 is 22.7 Å². The van der Waals surface area contributed by atoms with E-state index in [-0.39, 0.29) is 22.7 Å². The van der Waals surface area contributed by atoms with Crippen LogP contribution in [0, 0.1) is 6.92 Å². The highest BCUT2D eigenvalue weighted by Gasteiger charge is 2.26. The van der Waals surface area contributed by atoms with E-state index in [0.29, 0.717) is 18.8 Å². The van der Waals surface area contributed by atoms with Gasteiger partial charge in [0.15, 0.2) is 6.61 Å². The number of amides is 1. The van der Waals surface area contributed by atoms with Crippen molar-refractivity contribution in [3.8, 4) is 0 Å². The van der Waals surface area contributed by atoms with Crippen molar-refractivity contribution in [1.29, 1.82) is 0 Å². The molecule has 0 atom stereocenters. The van der Waals surface area contributed by atoms with Crippen molar-refractivity contribution in [2.24, 2.45) is 0 Å². The third-order valence-corrected chi connectivity index (χ3v) is 7.51. The zero-order chi connectivity index (χ0) is 21.7. The zero-order valence-corrected chi connectivity index (χ0v) is 18.1. The highest BCUT2D eigenvalue weighted by Crippen LogP contribution is 2.22. The minimum absolute atomic E-state index is 0.0200. The van der Waals surface area contributed by atoms with E-state index >= 15 is 0 Å². The lowest BCUT2D eigenvalue weighted by Crippen LogP contribution is -2.27. The third-order valence-electron chi connectivity index (χ3n) is 4.72. The summed E-state index contributed by atoms with van der Waals surface area (Å²) < 4.78 is 32.8. The molecule has 2 aromatic rings. The average molecular weight is 454 g/mol. The van der Waals surface area contributed by atoms with Crippen LogP contribution < -0.4 is 10.2 Å². The van der Waals surface area contributed by atoms with Crippen molar-refractivity contribution in [3.05, 3.63) is 45.0 Å². The van der Waals surface area contributed by atoms with Crippen LogP contribution in [0.25, 0.3) is 0 Å². The highest BCUT2D eigenvalue weighted by atomic mass is 32.2. The predicted octanol–water partition coefficient (Wildman–Crippen LogP) is 1.57. The Labute approximate surface area is 178 Å². The summed E-state index contributed by atoms with van der Waals surface area (Å²) in [6, 6.07) is 5.87. The van der Waals surface area contributed by atoms with E-state index < -0.39 is 28.5 Å². The summed E-state index contributed by atoms with van der Waals surface area (Å²) in [5.41, 5.74) is 1.17. The van der Waals surface area contributed by atoms with Gasteiger partial charge in [0.05, 0.1) is 11.3 Å². The largest absolute Gasteiger partial charge is 0.456 e. The molecule has 9 nitrogen and oxygen atoms in total. The SMILES string of the molecule is Cc1csc(=O)n1CCC(=O)OCC(=O)Nc1ccc(S(=O)(=O)N2CCCC2)cc1. The molecule has 11 heteroatoms. The van der Waals surface area contributed by atoms with E-state index in [9.17, 15) is 22.8 Å². The van der Waals surface area contributed by atoms with Crippen LogP contribution >= 0.6 is 11.3 Å². The molecule has 2 heterocycles. The van der Waals surface area contributed by atoms with Crippen LogP contribution in [0.1, 0.15) is 25.0 Å². The van der Waals surface area contributed by atoms with Gasteiger partial charge >= 0.3 is 10.8 Å². The Morgan fingerprint density at radius 1 is 1.17 bits per heavy atom. The molecule has 0 spiro atoms. The fourth-order valence-electron chi connectivity index (χ4n) is 3.08. The maximum atomic E-state index is 12.5. The van der Waals surface area contributed by atoms with Gasteiger partial charge in [0.1, 0.15) is 0 Å². The van der Waals surface area contributed by atoms with Crippen LogP contribution in [0.5, 0.6) is 0 Å². The van der Waals surface area contributed by atoms with E-state index in [1.807, 2.05) is 0 Å². The maximum Gasteiger partial charge on any atom is 0.308 e. The minimum atomic E-state index is -3.51. The fraction of sp³-hybridized carbons (Fsp3) is 0.421. The molecule has 1 amide bonds. The van der Waals surface area contributed by atoms with Gasteiger partial charge in [-0.3, -0.25) is 14.4 Å². The summed E-state index contributed by atoms with van der Waals surface area (Å²) >= 11 is 1.06. The molecule has 0 bridgehead atoms. The summed E-state index contributed by atoms with van der Waals surface area (Å²) in [7, 11) is -3.51. The van der Waals surface area contributed by atoms with E-state index in [0.717, 1.165) is 29.9 Å². The lowest BCUT2D eigenvalue weighted by atomic mass is 10.3. The highest BCUT2D eigenvalue weighted by molar-refractivity contribution is 7.89. The molecular formula is C19H23N3O6S2. The van der Waals surface area contributed by atoms with E-state index in [2.05, 4.69) is 5.32 Å². The van der Waals surface area contributed by atoms with Gasteiger partial charge in [-0.15, -0.1) is 0 Å². The van der Waals surface area contributed by atoms with Gasteiger partial charge < -0.3 is 14.6 Å². The number of nitrogens with one attached hydrogen (secondary N) is 1. The summed E-state index contributed by atoms with van der Waals surface area (Å²) in [6.45, 7) is 2.55. The number of thiazole rings is 1. The van der Waals surface area contributed by atoms with Crippen molar-refractivity contribution >= 4 is 38.9 Å². The van der Waals surface area contributed by atoms with Crippen LogP contribution in [0.15, 0.2) is 39.3 Å². The van der Waals surface area contributed by atoms with Crippen molar-refractivity contribution in [1.82, 2.24) is 8.87 Å². The second kappa shape index (κ2) is 9.54. The van der Waals surface area contributed by atoms with Crippen molar-refractivity contribution in [3.63, 3.8) is 0 Å². The lowest BCUT2D eigenvalue weighted by molar-refractivity contribution is -0.147. The van der Waals surface area contributed by atoms with Gasteiger partial charge in [0.25, 0.3) is 5.91 Å². The molecule has 0 unspecified atom stereocenters. The zero-order valence-electron chi connectivity index (χ0n) is 16.5. The fourth-order valence-corrected chi connectivity index (χ4v) is 5.36. The number of ether oxygens (including phenoxy) is 1. The number of nitrogens with zero attached hydrogens (tertiary/aromatic N) is 2. The first-order valence-electron chi connectivity index (χ1n) is 9.48. The number of anilines is 1. The molecule has 1 aromatic carbocycles. The number of hydrogen-bond donors (Lipinski definition) is 1. The summed E-state index contributed by atoms with van der Waals surface area (Å²) in [6.07, 6.45) is 1.69. The van der Waals surface area contributed by atoms with Gasteiger partial charge in [0, 0.05) is 36.4 Å². The van der Waals surface area contributed by atoms with Gasteiger partial charge in [-0.2, -0.15) is 4.31 Å². The number of rotatable bonds is 8. The topological polar surface area (TPSA) is 115 Å². The third kappa shape index (κ3) is 5.35. The minimum Gasteiger partial charge on any atom is -0.456 e. The standard InChI is InChI=1S/C19H23N3O6S2/c1-14-13-29-19(25)22(14)11-8-18(24)28-12-17(23)20-15-4-6-16(7-5-15)30(26,27)21-9-2-3-10-21/h4-7,13H,2-3,8-12H2,1H3,(H,20,23). The molecule has 3 rings (SSSR count). The lowest BCUT2D eigenvalue weighted by Gasteiger charge is -2.15. The number of hydrogen-bond acceptors (Lipinski definition) is 7.